The van der Waals surface area contributed by atoms with Gasteiger partial charge >= 0.3 is 17.4 Å². The Bertz CT molecular complexity index is 481. The van der Waals surface area contributed by atoms with E-state index < -0.39 is 23.4 Å². The van der Waals surface area contributed by atoms with Crippen LogP contribution in [-0.2, 0) is 14.3 Å². The number of halogens is 3. The third kappa shape index (κ3) is 3.04. The summed E-state index contributed by atoms with van der Waals surface area (Å²) in [7, 11) is 0. The van der Waals surface area contributed by atoms with E-state index in [1.807, 2.05) is 0 Å². The molecule has 7 heteroatoms. The standard InChI is InChI=1S/C11H7F3O3S/c12-11(13,14)18-7-3-1-6(2-4-7)8-5-9(15)17-10(8)16/h1-4,8H,5H2. The van der Waals surface area contributed by atoms with Gasteiger partial charge in [-0.25, -0.2) is 0 Å². The molecule has 1 heterocycles. The molecule has 1 atom stereocenters. The molecule has 0 amide bonds. The summed E-state index contributed by atoms with van der Waals surface area (Å²) < 4.78 is 40.7. The zero-order valence-corrected chi connectivity index (χ0v) is 9.68. The number of alkyl halides is 3. The minimum absolute atomic E-state index is 0.0314. The van der Waals surface area contributed by atoms with E-state index in [2.05, 4.69) is 4.74 Å². The molecule has 0 spiro atoms. The van der Waals surface area contributed by atoms with Crippen molar-refractivity contribution in [3.05, 3.63) is 29.8 Å². The highest BCUT2D eigenvalue weighted by atomic mass is 32.2. The first kappa shape index (κ1) is 12.9. The highest BCUT2D eigenvalue weighted by Crippen LogP contribution is 2.37. The lowest BCUT2D eigenvalue weighted by atomic mass is 9.98. The largest absolute Gasteiger partial charge is 0.446 e. The summed E-state index contributed by atoms with van der Waals surface area (Å²) in [6, 6.07) is 5.34. The van der Waals surface area contributed by atoms with Gasteiger partial charge in [0.05, 0.1) is 12.3 Å². The molecule has 1 aromatic carbocycles. The molecule has 1 unspecified atom stereocenters. The van der Waals surface area contributed by atoms with Crippen LogP contribution in [0.5, 0.6) is 0 Å². The molecule has 0 saturated carbocycles. The van der Waals surface area contributed by atoms with E-state index in [0.29, 0.717) is 5.56 Å². The van der Waals surface area contributed by atoms with Gasteiger partial charge in [-0.3, -0.25) is 9.59 Å². The van der Waals surface area contributed by atoms with Crippen molar-refractivity contribution in [3.63, 3.8) is 0 Å². The van der Waals surface area contributed by atoms with Crippen molar-refractivity contribution < 1.29 is 27.5 Å². The van der Waals surface area contributed by atoms with E-state index in [0.717, 1.165) is 0 Å². The third-order valence-corrected chi connectivity index (χ3v) is 3.13. The average Bonchev–Trinajstić information content (AvgIpc) is 2.57. The Hall–Kier alpha value is -1.50. The van der Waals surface area contributed by atoms with Gasteiger partial charge < -0.3 is 4.74 Å². The fraction of sp³-hybridized carbons (Fsp3) is 0.273. The molecule has 1 aliphatic heterocycles. The summed E-state index contributed by atoms with van der Waals surface area (Å²) in [5, 5.41) is 0. The molecule has 0 N–H and O–H groups in total. The molecule has 3 nitrogen and oxygen atoms in total. The quantitative estimate of drug-likeness (QED) is 0.473. The Balaban J connectivity index is 2.13. The Morgan fingerprint density at radius 1 is 1.17 bits per heavy atom. The lowest BCUT2D eigenvalue weighted by Gasteiger charge is -2.08. The van der Waals surface area contributed by atoms with E-state index in [1.165, 1.54) is 24.3 Å². The van der Waals surface area contributed by atoms with Crippen LogP contribution < -0.4 is 0 Å². The number of hydrogen-bond donors (Lipinski definition) is 0. The number of thioether (sulfide) groups is 1. The first-order chi connectivity index (χ1) is 8.35. The lowest BCUT2D eigenvalue weighted by molar-refractivity contribution is -0.152. The fourth-order valence-corrected chi connectivity index (χ4v) is 2.17. The predicted molar refractivity (Wildman–Crippen MR) is 56.8 cm³/mol. The van der Waals surface area contributed by atoms with Crippen LogP contribution in [-0.4, -0.2) is 17.4 Å². The van der Waals surface area contributed by atoms with E-state index in [9.17, 15) is 22.8 Å². The summed E-state index contributed by atoms with van der Waals surface area (Å²) in [6.07, 6.45) is -0.0649. The molecule has 0 radical (unpaired) electrons. The molecule has 2 rings (SSSR count). The SMILES string of the molecule is O=C1CC(c2ccc(SC(F)(F)F)cc2)C(=O)O1. The molecule has 1 saturated heterocycles. The molecule has 1 aromatic rings. The first-order valence-electron chi connectivity index (χ1n) is 4.95. The number of esters is 2. The van der Waals surface area contributed by atoms with Crippen LogP contribution in [0.25, 0.3) is 0 Å². The minimum atomic E-state index is -4.34. The van der Waals surface area contributed by atoms with Crippen LogP contribution in [0.1, 0.15) is 17.9 Å². The van der Waals surface area contributed by atoms with Crippen molar-refractivity contribution in [2.75, 3.05) is 0 Å². The molecule has 0 aliphatic carbocycles. The van der Waals surface area contributed by atoms with Gasteiger partial charge in [-0.15, -0.1) is 0 Å². The maximum absolute atomic E-state index is 12.1. The van der Waals surface area contributed by atoms with Gasteiger partial charge in [0.1, 0.15) is 0 Å². The highest BCUT2D eigenvalue weighted by molar-refractivity contribution is 8.00. The Kier molecular flexibility index (Phi) is 3.34. The van der Waals surface area contributed by atoms with Gasteiger partial charge in [0.25, 0.3) is 0 Å². The van der Waals surface area contributed by atoms with Crippen LogP contribution in [0.2, 0.25) is 0 Å². The Morgan fingerprint density at radius 2 is 1.78 bits per heavy atom. The second-order valence-electron chi connectivity index (χ2n) is 3.67. The second kappa shape index (κ2) is 4.64. The van der Waals surface area contributed by atoms with Gasteiger partial charge in [0.2, 0.25) is 0 Å². The summed E-state index contributed by atoms with van der Waals surface area (Å²) in [4.78, 5) is 22.2. The van der Waals surface area contributed by atoms with Crippen LogP contribution in [0.3, 0.4) is 0 Å². The Labute approximate surface area is 104 Å². The van der Waals surface area contributed by atoms with E-state index in [-0.39, 0.29) is 23.1 Å². The topological polar surface area (TPSA) is 43.4 Å². The zero-order valence-electron chi connectivity index (χ0n) is 8.86. The van der Waals surface area contributed by atoms with Crippen molar-refractivity contribution in [2.45, 2.75) is 22.7 Å². The summed E-state index contributed by atoms with van der Waals surface area (Å²) in [5.74, 6) is -1.97. The van der Waals surface area contributed by atoms with Crippen molar-refractivity contribution in [1.29, 1.82) is 0 Å². The molecule has 18 heavy (non-hydrogen) atoms. The zero-order chi connectivity index (χ0) is 13.3. The van der Waals surface area contributed by atoms with Crippen molar-refractivity contribution in [1.82, 2.24) is 0 Å². The van der Waals surface area contributed by atoms with Crippen molar-refractivity contribution in [3.8, 4) is 0 Å². The number of benzene rings is 1. The highest BCUT2D eigenvalue weighted by Gasteiger charge is 2.35. The van der Waals surface area contributed by atoms with Crippen LogP contribution in [0.4, 0.5) is 13.2 Å². The van der Waals surface area contributed by atoms with Crippen LogP contribution in [0, 0.1) is 0 Å². The fourth-order valence-electron chi connectivity index (χ4n) is 1.63. The van der Waals surface area contributed by atoms with E-state index in [4.69, 9.17) is 0 Å². The number of rotatable bonds is 2. The minimum Gasteiger partial charge on any atom is -0.393 e. The first-order valence-corrected chi connectivity index (χ1v) is 5.77. The molecule has 0 bridgehead atoms. The number of carbonyl (C=O) groups excluding carboxylic acids is 2. The van der Waals surface area contributed by atoms with E-state index in [1.54, 1.807) is 0 Å². The number of cyclic esters (lactones) is 2. The molecular weight excluding hydrogens is 269 g/mol. The van der Waals surface area contributed by atoms with Gasteiger partial charge in [-0.05, 0) is 29.5 Å². The summed E-state index contributed by atoms with van der Waals surface area (Å²) >= 11 is -0.230. The summed E-state index contributed by atoms with van der Waals surface area (Å²) in [5.41, 5.74) is -3.86. The van der Waals surface area contributed by atoms with Crippen LogP contribution >= 0.6 is 11.8 Å². The molecular formula is C11H7F3O3S. The number of carbonyl (C=O) groups is 2. The molecule has 96 valence electrons. The van der Waals surface area contributed by atoms with E-state index >= 15 is 0 Å². The third-order valence-electron chi connectivity index (χ3n) is 2.39. The lowest BCUT2D eigenvalue weighted by Crippen LogP contribution is -2.05. The molecule has 1 fully saturated rings. The van der Waals surface area contributed by atoms with Crippen LogP contribution in [0.15, 0.2) is 29.2 Å². The molecule has 1 aliphatic rings. The number of ether oxygens (including phenoxy) is 1. The number of hydrogen-bond acceptors (Lipinski definition) is 4. The predicted octanol–water partition coefficient (Wildman–Crippen LogP) is 2.86. The summed E-state index contributed by atoms with van der Waals surface area (Å²) in [6.45, 7) is 0. The molecule has 0 aromatic heterocycles. The normalized spacial score (nSPS) is 20.1. The van der Waals surface area contributed by atoms with Gasteiger partial charge in [0, 0.05) is 4.90 Å². The van der Waals surface area contributed by atoms with Crippen molar-refractivity contribution >= 4 is 23.7 Å². The maximum atomic E-state index is 12.1. The maximum Gasteiger partial charge on any atom is 0.446 e. The second-order valence-corrected chi connectivity index (χ2v) is 4.81. The monoisotopic (exact) mass is 276 g/mol. The smallest absolute Gasteiger partial charge is 0.393 e. The van der Waals surface area contributed by atoms with Gasteiger partial charge in [-0.2, -0.15) is 13.2 Å². The average molecular weight is 276 g/mol. The Morgan fingerprint density at radius 3 is 2.22 bits per heavy atom. The van der Waals surface area contributed by atoms with Crippen molar-refractivity contribution in [2.24, 2.45) is 0 Å². The van der Waals surface area contributed by atoms with Gasteiger partial charge in [-0.1, -0.05) is 12.1 Å². The van der Waals surface area contributed by atoms with Gasteiger partial charge in [0.15, 0.2) is 0 Å².